The number of carbonyl (C=O) groups is 2. The number of carbonyl (C=O) groups excluding carboxylic acids is 2. The van der Waals surface area contributed by atoms with E-state index < -0.39 is 29.6 Å². The summed E-state index contributed by atoms with van der Waals surface area (Å²) in [7, 11) is 0. The van der Waals surface area contributed by atoms with Gasteiger partial charge in [0, 0.05) is 11.6 Å². The topological polar surface area (TPSA) is 72.8 Å². The third kappa shape index (κ3) is 5.55. The van der Waals surface area contributed by atoms with Crippen molar-refractivity contribution in [3.8, 4) is 5.75 Å². The maximum Gasteiger partial charge on any atom is 0.573 e. The smallest absolute Gasteiger partial charge is 0.507 e. The van der Waals surface area contributed by atoms with E-state index >= 15 is 0 Å². The van der Waals surface area contributed by atoms with Gasteiger partial charge in [-0.3, -0.25) is 4.79 Å². The van der Waals surface area contributed by atoms with Crippen molar-refractivity contribution in [2.75, 3.05) is 6.61 Å². The third-order valence-corrected chi connectivity index (χ3v) is 2.11. The molecular formula is C13H11F3O5. The van der Waals surface area contributed by atoms with Gasteiger partial charge in [0.1, 0.15) is 11.5 Å². The molecule has 0 aromatic heterocycles. The molecule has 21 heavy (non-hydrogen) atoms. The average molecular weight is 304 g/mol. The maximum absolute atomic E-state index is 12.1. The van der Waals surface area contributed by atoms with Crippen molar-refractivity contribution in [2.24, 2.45) is 0 Å². The van der Waals surface area contributed by atoms with Gasteiger partial charge in [-0.25, -0.2) is 4.79 Å². The molecule has 1 aromatic rings. The molecule has 0 spiro atoms. The highest BCUT2D eigenvalue weighted by atomic mass is 19.4. The summed E-state index contributed by atoms with van der Waals surface area (Å²) < 4.78 is 44.3. The quantitative estimate of drug-likeness (QED) is 0.392. The molecule has 0 saturated heterocycles. The van der Waals surface area contributed by atoms with E-state index in [4.69, 9.17) is 0 Å². The standard InChI is InChI=1S/C13H11F3O5/c1-2-20-12(19)11(18)7-10(17)8-4-3-5-9(6-8)21-13(14,15)16/h3-7,17H,2H2,1H3/b10-7+. The summed E-state index contributed by atoms with van der Waals surface area (Å²) in [5.74, 6) is -3.55. The molecule has 8 heteroatoms. The van der Waals surface area contributed by atoms with Crippen LogP contribution < -0.4 is 4.74 Å². The van der Waals surface area contributed by atoms with Crippen molar-refractivity contribution < 1.29 is 37.3 Å². The zero-order valence-corrected chi connectivity index (χ0v) is 10.8. The number of esters is 1. The number of benzene rings is 1. The van der Waals surface area contributed by atoms with E-state index in [0.717, 1.165) is 12.1 Å². The van der Waals surface area contributed by atoms with Crippen molar-refractivity contribution in [1.29, 1.82) is 0 Å². The third-order valence-electron chi connectivity index (χ3n) is 2.11. The SMILES string of the molecule is CCOC(=O)C(=O)/C=C(/O)c1cccc(OC(F)(F)F)c1. The fraction of sp³-hybridized carbons (Fsp3) is 0.231. The van der Waals surface area contributed by atoms with E-state index in [1.165, 1.54) is 19.1 Å². The van der Waals surface area contributed by atoms with Gasteiger partial charge in [0.2, 0.25) is 0 Å². The van der Waals surface area contributed by atoms with E-state index in [1.54, 1.807) is 0 Å². The molecule has 114 valence electrons. The van der Waals surface area contributed by atoms with Crippen LogP contribution in [0.25, 0.3) is 5.76 Å². The number of halogens is 3. The number of ether oxygens (including phenoxy) is 2. The molecule has 0 radical (unpaired) electrons. The number of alkyl halides is 3. The second-order valence-corrected chi connectivity index (χ2v) is 3.69. The van der Waals surface area contributed by atoms with Crippen LogP contribution in [-0.2, 0) is 14.3 Å². The van der Waals surface area contributed by atoms with Crippen LogP contribution in [0.4, 0.5) is 13.2 Å². The molecule has 0 amide bonds. The predicted octanol–water partition coefficient (Wildman–Crippen LogP) is 2.62. The molecule has 0 aliphatic rings. The Bertz CT molecular complexity index is 563. The second kappa shape index (κ2) is 6.78. The lowest BCUT2D eigenvalue weighted by Gasteiger charge is -2.09. The zero-order chi connectivity index (χ0) is 16.0. The molecule has 1 N–H and O–H groups in total. The first-order valence-electron chi connectivity index (χ1n) is 5.71. The highest BCUT2D eigenvalue weighted by molar-refractivity contribution is 6.39. The molecule has 0 fully saturated rings. The molecule has 0 saturated carbocycles. The number of rotatable bonds is 5. The molecule has 1 rings (SSSR count). The lowest BCUT2D eigenvalue weighted by Crippen LogP contribution is -2.17. The van der Waals surface area contributed by atoms with Crippen LogP contribution in [0, 0.1) is 0 Å². The van der Waals surface area contributed by atoms with Crippen LogP contribution in [0.1, 0.15) is 12.5 Å². The number of ketones is 1. The maximum atomic E-state index is 12.1. The number of hydrogen-bond acceptors (Lipinski definition) is 5. The van der Waals surface area contributed by atoms with E-state index in [9.17, 15) is 27.9 Å². The monoisotopic (exact) mass is 304 g/mol. The van der Waals surface area contributed by atoms with Gasteiger partial charge in [-0.2, -0.15) is 0 Å². The Hall–Kier alpha value is -2.51. The Morgan fingerprint density at radius 1 is 1.33 bits per heavy atom. The predicted molar refractivity (Wildman–Crippen MR) is 65.4 cm³/mol. The summed E-state index contributed by atoms with van der Waals surface area (Å²) in [6, 6.07) is 4.33. The summed E-state index contributed by atoms with van der Waals surface area (Å²) in [5, 5.41) is 9.63. The summed E-state index contributed by atoms with van der Waals surface area (Å²) >= 11 is 0. The molecule has 0 bridgehead atoms. The molecule has 0 aliphatic carbocycles. The Morgan fingerprint density at radius 3 is 2.57 bits per heavy atom. The van der Waals surface area contributed by atoms with Crippen LogP contribution in [0.15, 0.2) is 30.3 Å². The van der Waals surface area contributed by atoms with Crippen LogP contribution in [-0.4, -0.2) is 29.8 Å². The fourth-order valence-corrected chi connectivity index (χ4v) is 1.32. The molecule has 0 unspecified atom stereocenters. The van der Waals surface area contributed by atoms with Gasteiger partial charge in [0.15, 0.2) is 0 Å². The molecule has 1 aromatic carbocycles. The highest BCUT2D eigenvalue weighted by Crippen LogP contribution is 2.25. The summed E-state index contributed by atoms with van der Waals surface area (Å²) in [6.45, 7) is 1.47. The Kier molecular flexibility index (Phi) is 5.34. The molecule has 0 atom stereocenters. The van der Waals surface area contributed by atoms with Crippen LogP contribution in [0.3, 0.4) is 0 Å². The normalized spacial score (nSPS) is 11.9. The Labute approximate surface area is 117 Å². The highest BCUT2D eigenvalue weighted by Gasteiger charge is 2.31. The minimum absolute atomic E-state index is 0.0198. The Balaban J connectivity index is 2.92. The average Bonchev–Trinajstić information content (AvgIpc) is 2.37. The lowest BCUT2D eigenvalue weighted by molar-refractivity contribution is -0.274. The number of aliphatic hydroxyl groups excluding tert-OH is 1. The number of aliphatic hydroxyl groups is 1. The van der Waals surface area contributed by atoms with Gasteiger partial charge in [-0.05, 0) is 19.1 Å². The molecule has 0 heterocycles. The van der Waals surface area contributed by atoms with E-state index in [-0.39, 0.29) is 12.2 Å². The first-order valence-corrected chi connectivity index (χ1v) is 5.71. The molecule has 0 aliphatic heterocycles. The van der Waals surface area contributed by atoms with Crippen LogP contribution in [0.5, 0.6) is 5.75 Å². The van der Waals surface area contributed by atoms with E-state index in [0.29, 0.717) is 6.08 Å². The van der Waals surface area contributed by atoms with E-state index in [2.05, 4.69) is 9.47 Å². The van der Waals surface area contributed by atoms with Crippen molar-refractivity contribution in [2.45, 2.75) is 13.3 Å². The minimum Gasteiger partial charge on any atom is -0.507 e. The molecular weight excluding hydrogens is 293 g/mol. The number of hydrogen-bond donors (Lipinski definition) is 1. The van der Waals surface area contributed by atoms with Crippen LogP contribution >= 0.6 is 0 Å². The zero-order valence-electron chi connectivity index (χ0n) is 10.8. The van der Waals surface area contributed by atoms with Crippen molar-refractivity contribution in [1.82, 2.24) is 0 Å². The van der Waals surface area contributed by atoms with Crippen molar-refractivity contribution >= 4 is 17.5 Å². The van der Waals surface area contributed by atoms with Crippen molar-refractivity contribution in [3.05, 3.63) is 35.9 Å². The lowest BCUT2D eigenvalue weighted by atomic mass is 10.1. The van der Waals surface area contributed by atoms with Gasteiger partial charge >= 0.3 is 12.3 Å². The first kappa shape index (κ1) is 16.5. The minimum atomic E-state index is -4.88. The van der Waals surface area contributed by atoms with Gasteiger partial charge in [-0.15, -0.1) is 13.2 Å². The summed E-state index contributed by atoms with van der Waals surface area (Å²) in [6.07, 6.45) is -4.32. The fourth-order valence-electron chi connectivity index (χ4n) is 1.32. The largest absolute Gasteiger partial charge is 0.573 e. The Morgan fingerprint density at radius 2 is 2.00 bits per heavy atom. The first-order chi connectivity index (χ1) is 9.73. The summed E-state index contributed by atoms with van der Waals surface area (Å²) in [5.41, 5.74) is -0.116. The van der Waals surface area contributed by atoms with Gasteiger partial charge < -0.3 is 14.6 Å². The van der Waals surface area contributed by atoms with Gasteiger partial charge in [0.05, 0.1) is 6.61 Å². The second-order valence-electron chi connectivity index (χ2n) is 3.69. The van der Waals surface area contributed by atoms with E-state index in [1.807, 2.05) is 0 Å². The molecule has 5 nitrogen and oxygen atoms in total. The van der Waals surface area contributed by atoms with Gasteiger partial charge in [-0.1, -0.05) is 12.1 Å². The van der Waals surface area contributed by atoms with Crippen molar-refractivity contribution in [3.63, 3.8) is 0 Å². The van der Waals surface area contributed by atoms with Gasteiger partial charge in [0.25, 0.3) is 5.78 Å². The summed E-state index contributed by atoms with van der Waals surface area (Å²) in [4.78, 5) is 22.4. The van der Waals surface area contributed by atoms with Crippen LogP contribution in [0.2, 0.25) is 0 Å².